The third-order valence-corrected chi connectivity index (χ3v) is 5.27. The van der Waals surface area contributed by atoms with Crippen molar-refractivity contribution in [3.8, 4) is 0 Å². The molecule has 4 heteroatoms. The summed E-state index contributed by atoms with van der Waals surface area (Å²) >= 11 is 0. The van der Waals surface area contributed by atoms with E-state index in [0.29, 0.717) is 6.04 Å². The Balaban J connectivity index is 1.73. The topological polar surface area (TPSA) is 58.6 Å². The summed E-state index contributed by atoms with van der Waals surface area (Å²) in [5.41, 5.74) is -0.104. The van der Waals surface area contributed by atoms with E-state index in [1.165, 1.54) is 0 Å². The molecule has 22 heavy (non-hydrogen) atoms. The number of ether oxygens (including phenoxy) is 1. The highest BCUT2D eigenvalue weighted by Crippen LogP contribution is 2.37. The van der Waals surface area contributed by atoms with Gasteiger partial charge in [-0.3, -0.25) is 4.79 Å². The average molecular weight is 303 g/mol. The normalized spacial score (nSPS) is 33.2. The lowest BCUT2D eigenvalue weighted by Gasteiger charge is -2.37. The molecule has 2 bridgehead atoms. The van der Waals surface area contributed by atoms with E-state index in [1.807, 2.05) is 30.3 Å². The molecule has 0 saturated carbocycles. The highest BCUT2D eigenvalue weighted by molar-refractivity contribution is 5.83. The van der Waals surface area contributed by atoms with Crippen LogP contribution in [0.3, 0.4) is 0 Å². The quantitative estimate of drug-likeness (QED) is 0.837. The summed E-state index contributed by atoms with van der Waals surface area (Å²) < 4.78 is 5.81. The van der Waals surface area contributed by atoms with E-state index in [9.17, 15) is 9.90 Å². The lowest BCUT2D eigenvalue weighted by atomic mass is 9.83. The zero-order valence-corrected chi connectivity index (χ0v) is 13.3. The molecule has 2 fully saturated rings. The Labute approximate surface area is 131 Å². The number of aliphatic hydroxyl groups is 1. The lowest BCUT2D eigenvalue weighted by Crippen LogP contribution is -2.51. The van der Waals surface area contributed by atoms with E-state index in [1.54, 1.807) is 6.92 Å². The van der Waals surface area contributed by atoms with Gasteiger partial charge in [0.05, 0.1) is 6.61 Å². The van der Waals surface area contributed by atoms with E-state index in [0.717, 1.165) is 31.2 Å². The standard InChI is InChI=1S/C18H25NO3/c1-17-9-8-14(19-17)10-15(11-17)22-16(21)18(2,12-20)13-6-4-3-5-7-13/h3-7,14-15,19-20H,8-12H2,1-2H3. The number of aliphatic hydroxyl groups excluding tert-OH is 1. The summed E-state index contributed by atoms with van der Waals surface area (Å²) in [5.74, 6) is -0.323. The molecule has 0 aliphatic carbocycles. The Hall–Kier alpha value is -1.39. The molecule has 2 N–H and O–H groups in total. The average Bonchev–Trinajstić information content (AvgIpc) is 2.80. The predicted octanol–water partition coefficient (Wildman–Crippen LogP) is 2.15. The predicted molar refractivity (Wildman–Crippen MR) is 84.6 cm³/mol. The Kier molecular flexibility index (Phi) is 4.00. The summed E-state index contributed by atoms with van der Waals surface area (Å²) in [4.78, 5) is 12.7. The fourth-order valence-corrected chi connectivity index (χ4v) is 3.82. The van der Waals surface area contributed by atoms with E-state index in [4.69, 9.17) is 4.74 Å². The molecule has 2 aliphatic heterocycles. The van der Waals surface area contributed by atoms with Crippen LogP contribution in [0.2, 0.25) is 0 Å². The molecule has 1 aromatic carbocycles. The molecular weight excluding hydrogens is 278 g/mol. The number of fused-ring (bicyclic) bond motifs is 2. The van der Waals surface area contributed by atoms with Gasteiger partial charge in [-0.1, -0.05) is 30.3 Å². The van der Waals surface area contributed by atoms with E-state index >= 15 is 0 Å². The minimum absolute atomic E-state index is 0.0548. The Bertz CT molecular complexity index is 547. The van der Waals surface area contributed by atoms with Crippen molar-refractivity contribution in [2.75, 3.05) is 6.61 Å². The molecule has 0 spiro atoms. The highest BCUT2D eigenvalue weighted by Gasteiger charge is 2.45. The molecule has 2 aliphatic rings. The van der Waals surface area contributed by atoms with Crippen LogP contribution in [0.5, 0.6) is 0 Å². The number of hydrogen-bond donors (Lipinski definition) is 2. The highest BCUT2D eigenvalue weighted by atomic mass is 16.5. The van der Waals surface area contributed by atoms with Crippen molar-refractivity contribution in [3.05, 3.63) is 35.9 Å². The second kappa shape index (κ2) is 5.67. The summed E-state index contributed by atoms with van der Waals surface area (Å²) in [7, 11) is 0. The molecule has 2 heterocycles. The van der Waals surface area contributed by atoms with Crippen LogP contribution in [-0.2, 0) is 14.9 Å². The number of piperidine rings is 1. The van der Waals surface area contributed by atoms with E-state index in [-0.39, 0.29) is 24.2 Å². The zero-order valence-electron chi connectivity index (χ0n) is 13.3. The SMILES string of the molecule is CC12CCC(CC(OC(=O)C(C)(CO)c3ccccc3)C1)N2. The van der Waals surface area contributed by atoms with Crippen molar-refractivity contribution >= 4 is 5.97 Å². The number of nitrogens with one attached hydrogen (secondary N) is 1. The fourth-order valence-electron chi connectivity index (χ4n) is 3.82. The van der Waals surface area contributed by atoms with Gasteiger partial charge in [0.15, 0.2) is 0 Å². The monoisotopic (exact) mass is 303 g/mol. The van der Waals surface area contributed by atoms with Crippen molar-refractivity contribution < 1.29 is 14.6 Å². The van der Waals surface area contributed by atoms with Crippen molar-refractivity contribution in [1.29, 1.82) is 0 Å². The van der Waals surface area contributed by atoms with Crippen molar-refractivity contribution in [2.24, 2.45) is 0 Å². The minimum atomic E-state index is -0.994. The fraction of sp³-hybridized carbons (Fsp3) is 0.611. The van der Waals surface area contributed by atoms with E-state index < -0.39 is 5.41 Å². The molecule has 2 saturated heterocycles. The maximum absolute atomic E-state index is 12.7. The maximum atomic E-state index is 12.7. The molecule has 4 nitrogen and oxygen atoms in total. The van der Waals surface area contributed by atoms with Crippen LogP contribution in [0.25, 0.3) is 0 Å². The van der Waals surface area contributed by atoms with Gasteiger partial charge in [0, 0.05) is 18.0 Å². The summed E-state index contributed by atoms with van der Waals surface area (Å²) in [6.45, 7) is 3.71. The summed E-state index contributed by atoms with van der Waals surface area (Å²) in [6, 6.07) is 9.84. The molecule has 4 atom stereocenters. The van der Waals surface area contributed by atoms with Crippen LogP contribution in [0.1, 0.15) is 45.1 Å². The van der Waals surface area contributed by atoms with Crippen molar-refractivity contribution in [3.63, 3.8) is 0 Å². The molecule has 4 unspecified atom stereocenters. The zero-order chi connectivity index (χ0) is 15.8. The van der Waals surface area contributed by atoms with Gasteiger partial charge in [0.2, 0.25) is 0 Å². The third kappa shape index (κ3) is 2.77. The molecule has 0 aromatic heterocycles. The molecule has 120 valence electrons. The summed E-state index contributed by atoms with van der Waals surface area (Å²) in [5, 5.41) is 13.4. The largest absolute Gasteiger partial charge is 0.462 e. The Morgan fingerprint density at radius 3 is 2.82 bits per heavy atom. The number of esters is 1. The van der Waals surface area contributed by atoms with Crippen LogP contribution in [-0.4, -0.2) is 35.4 Å². The van der Waals surface area contributed by atoms with Gasteiger partial charge in [0.25, 0.3) is 0 Å². The first-order chi connectivity index (χ1) is 10.5. The first-order valence-corrected chi connectivity index (χ1v) is 8.10. The van der Waals surface area contributed by atoms with Gasteiger partial charge in [-0.15, -0.1) is 0 Å². The van der Waals surface area contributed by atoms with Gasteiger partial charge >= 0.3 is 5.97 Å². The van der Waals surface area contributed by atoms with Gasteiger partial charge < -0.3 is 15.2 Å². The number of rotatable bonds is 4. The number of carbonyl (C=O) groups is 1. The smallest absolute Gasteiger partial charge is 0.318 e. The second-order valence-corrected chi connectivity index (χ2v) is 7.26. The van der Waals surface area contributed by atoms with Gasteiger partial charge in [-0.2, -0.15) is 0 Å². The number of carbonyl (C=O) groups excluding carboxylic acids is 1. The van der Waals surface area contributed by atoms with Crippen molar-refractivity contribution in [1.82, 2.24) is 5.32 Å². The maximum Gasteiger partial charge on any atom is 0.318 e. The van der Waals surface area contributed by atoms with Crippen LogP contribution >= 0.6 is 0 Å². The van der Waals surface area contributed by atoms with Gasteiger partial charge in [-0.25, -0.2) is 0 Å². The number of hydrogen-bond acceptors (Lipinski definition) is 4. The number of benzene rings is 1. The van der Waals surface area contributed by atoms with Crippen LogP contribution < -0.4 is 5.32 Å². The van der Waals surface area contributed by atoms with Gasteiger partial charge in [0.1, 0.15) is 11.5 Å². The first kappa shape index (κ1) is 15.5. The van der Waals surface area contributed by atoms with Crippen LogP contribution in [0, 0.1) is 0 Å². The lowest BCUT2D eigenvalue weighted by molar-refractivity contribution is -0.159. The van der Waals surface area contributed by atoms with E-state index in [2.05, 4.69) is 12.2 Å². The van der Waals surface area contributed by atoms with Crippen LogP contribution in [0.15, 0.2) is 30.3 Å². The molecular formula is C18H25NO3. The van der Waals surface area contributed by atoms with Gasteiger partial charge in [-0.05, 0) is 38.7 Å². The molecule has 0 amide bonds. The van der Waals surface area contributed by atoms with Crippen LogP contribution in [0.4, 0.5) is 0 Å². The third-order valence-electron chi connectivity index (χ3n) is 5.27. The minimum Gasteiger partial charge on any atom is -0.462 e. The molecule has 0 radical (unpaired) electrons. The molecule has 3 rings (SSSR count). The van der Waals surface area contributed by atoms with Crippen molar-refractivity contribution in [2.45, 2.75) is 62.6 Å². The summed E-state index contributed by atoms with van der Waals surface area (Å²) in [6.07, 6.45) is 3.96. The Morgan fingerprint density at radius 1 is 1.45 bits per heavy atom. The second-order valence-electron chi connectivity index (χ2n) is 7.26. The Morgan fingerprint density at radius 2 is 2.18 bits per heavy atom. The first-order valence-electron chi connectivity index (χ1n) is 8.10. The molecule has 1 aromatic rings.